The standard InChI is InChI=1S/C25H28N6O5S/c32-14-11-27-24(33)28-19-3-1-18(2-4-19)23-29-21(17-22(30-23)31-12-15-36-16-13-31)25(7-8-25)37(34,35)20-5-9-26-10-6-20/h1-6,9-10,17,32H,7-8,11-16H2,(H2,27,28,33). The Hall–Kier alpha value is -3.61. The Bertz CT molecular complexity index is 1360. The van der Waals surface area contributed by atoms with Crippen LogP contribution >= 0.6 is 0 Å². The Morgan fingerprint density at radius 2 is 1.76 bits per heavy atom. The quantitative estimate of drug-likeness (QED) is 0.402. The average molecular weight is 525 g/mol. The van der Waals surface area contributed by atoms with Gasteiger partial charge in [-0.25, -0.2) is 23.2 Å². The van der Waals surface area contributed by atoms with Gasteiger partial charge in [-0.1, -0.05) is 0 Å². The zero-order chi connectivity index (χ0) is 25.9. The number of carbonyl (C=O) groups is 1. The number of carbonyl (C=O) groups excluding carboxylic acids is 1. The largest absolute Gasteiger partial charge is 0.395 e. The zero-order valence-electron chi connectivity index (χ0n) is 20.1. The van der Waals surface area contributed by atoms with Gasteiger partial charge in [0, 0.05) is 49.3 Å². The van der Waals surface area contributed by atoms with E-state index >= 15 is 0 Å². The normalized spacial score (nSPS) is 16.7. The number of aliphatic hydroxyl groups is 1. The number of pyridine rings is 1. The lowest BCUT2D eigenvalue weighted by atomic mass is 10.1. The SMILES string of the molecule is O=C(NCCO)Nc1ccc(-c2nc(N3CCOCC3)cc(C3(S(=O)(=O)c4ccncc4)CC3)n2)cc1. The molecule has 3 aromatic rings. The van der Waals surface area contributed by atoms with Crippen LogP contribution < -0.4 is 15.5 Å². The van der Waals surface area contributed by atoms with Gasteiger partial charge in [-0.2, -0.15) is 0 Å². The first-order valence-corrected chi connectivity index (χ1v) is 13.5. The van der Waals surface area contributed by atoms with Crippen LogP contribution in [0.15, 0.2) is 59.8 Å². The first kappa shape index (κ1) is 25.1. The van der Waals surface area contributed by atoms with Gasteiger partial charge in [-0.15, -0.1) is 0 Å². The van der Waals surface area contributed by atoms with E-state index in [1.165, 1.54) is 24.5 Å². The number of hydrogen-bond donors (Lipinski definition) is 3. The van der Waals surface area contributed by atoms with Crippen molar-refractivity contribution in [2.75, 3.05) is 49.7 Å². The Morgan fingerprint density at radius 1 is 1.05 bits per heavy atom. The summed E-state index contributed by atoms with van der Waals surface area (Å²) >= 11 is 0. The molecule has 1 saturated carbocycles. The van der Waals surface area contributed by atoms with Gasteiger partial charge < -0.3 is 25.4 Å². The number of amides is 2. The molecule has 194 valence electrons. The van der Waals surface area contributed by atoms with Gasteiger partial charge in [0.2, 0.25) is 0 Å². The first-order chi connectivity index (χ1) is 17.9. The molecule has 1 aliphatic carbocycles. The van der Waals surface area contributed by atoms with Crippen molar-refractivity contribution >= 4 is 27.4 Å². The van der Waals surface area contributed by atoms with E-state index in [4.69, 9.17) is 19.8 Å². The molecular weight excluding hydrogens is 496 g/mol. The molecule has 5 rings (SSSR count). The summed E-state index contributed by atoms with van der Waals surface area (Å²) in [6, 6.07) is 11.4. The zero-order valence-corrected chi connectivity index (χ0v) is 20.9. The number of nitrogens with one attached hydrogen (secondary N) is 2. The van der Waals surface area contributed by atoms with Crippen molar-refractivity contribution in [1.29, 1.82) is 0 Å². The maximum Gasteiger partial charge on any atom is 0.319 e. The van der Waals surface area contributed by atoms with Crippen molar-refractivity contribution in [1.82, 2.24) is 20.3 Å². The first-order valence-electron chi connectivity index (χ1n) is 12.1. The molecule has 2 amide bonds. The van der Waals surface area contributed by atoms with Gasteiger partial charge in [0.15, 0.2) is 15.7 Å². The van der Waals surface area contributed by atoms with Gasteiger partial charge >= 0.3 is 6.03 Å². The lowest BCUT2D eigenvalue weighted by Gasteiger charge is -2.29. The van der Waals surface area contributed by atoms with Crippen molar-refractivity contribution in [3.63, 3.8) is 0 Å². The highest BCUT2D eigenvalue weighted by Crippen LogP contribution is 2.55. The van der Waals surface area contributed by atoms with E-state index in [1.54, 1.807) is 30.3 Å². The number of rotatable bonds is 8. The lowest BCUT2D eigenvalue weighted by molar-refractivity contribution is 0.122. The van der Waals surface area contributed by atoms with Gasteiger partial charge in [-0.3, -0.25) is 4.98 Å². The summed E-state index contributed by atoms with van der Waals surface area (Å²) in [6.45, 7) is 2.42. The molecular formula is C25H28N6O5S. The van der Waals surface area contributed by atoms with Crippen molar-refractivity contribution in [3.8, 4) is 11.4 Å². The molecule has 0 radical (unpaired) electrons. The van der Waals surface area contributed by atoms with Crippen LogP contribution in [0.2, 0.25) is 0 Å². The fourth-order valence-corrected chi connectivity index (χ4v) is 6.27. The summed E-state index contributed by atoms with van der Waals surface area (Å²) in [6.07, 6.45) is 3.91. The number of nitrogens with zero attached hydrogens (tertiary/aromatic N) is 4. The van der Waals surface area contributed by atoms with Crippen LogP contribution in [-0.4, -0.2) is 74.0 Å². The van der Waals surface area contributed by atoms with E-state index in [-0.39, 0.29) is 18.0 Å². The molecule has 2 fully saturated rings. The van der Waals surface area contributed by atoms with Crippen molar-refractivity contribution in [2.45, 2.75) is 22.5 Å². The maximum atomic E-state index is 13.7. The number of benzene rings is 1. The van der Waals surface area contributed by atoms with Crippen molar-refractivity contribution in [3.05, 3.63) is 60.6 Å². The summed E-state index contributed by atoms with van der Waals surface area (Å²) in [5, 5.41) is 14.1. The molecule has 2 aliphatic rings. The molecule has 0 unspecified atom stereocenters. The monoisotopic (exact) mass is 524 g/mol. The van der Waals surface area contributed by atoms with Crippen LogP contribution in [0.5, 0.6) is 0 Å². The second-order valence-corrected chi connectivity index (χ2v) is 11.2. The molecule has 0 spiro atoms. The molecule has 2 aromatic heterocycles. The molecule has 12 heteroatoms. The Morgan fingerprint density at radius 3 is 2.41 bits per heavy atom. The van der Waals surface area contributed by atoms with E-state index in [0.717, 1.165) is 0 Å². The highest BCUT2D eigenvalue weighted by molar-refractivity contribution is 7.92. The van der Waals surface area contributed by atoms with E-state index < -0.39 is 20.6 Å². The lowest BCUT2D eigenvalue weighted by Crippen LogP contribution is -2.37. The fourth-order valence-electron chi connectivity index (χ4n) is 4.32. The minimum atomic E-state index is -3.70. The molecule has 0 bridgehead atoms. The molecule has 1 aliphatic heterocycles. The second-order valence-electron chi connectivity index (χ2n) is 8.90. The highest BCUT2D eigenvalue weighted by Gasteiger charge is 2.58. The summed E-state index contributed by atoms with van der Waals surface area (Å²) in [5.74, 6) is 1.07. The van der Waals surface area contributed by atoms with E-state index in [2.05, 4.69) is 20.5 Å². The van der Waals surface area contributed by atoms with Crippen LogP contribution in [0.25, 0.3) is 11.4 Å². The molecule has 1 aromatic carbocycles. The van der Waals surface area contributed by atoms with Crippen molar-refractivity contribution < 1.29 is 23.1 Å². The van der Waals surface area contributed by atoms with Crippen LogP contribution in [0.3, 0.4) is 0 Å². The third kappa shape index (κ3) is 5.13. The van der Waals surface area contributed by atoms with Gasteiger partial charge in [0.1, 0.15) is 10.6 Å². The second kappa shape index (κ2) is 10.4. The summed E-state index contributed by atoms with van der Waals surface area (Å²) in [5.41, 5.74) is 1.72. The topological polar surface area (TPSA) is 147 Å². The summed E-state index contributed by atoms with van der Waals surface area (Å²) in [4.78, 5) is 27.7. The molecule has 3 N–H and O–H groups in total. The van der Waals surface area contributed by atoms with Crippen LogP contribution in [-0.2, 0) is 19.3 Å². The van der Waals surface area contributed by atoms with Crippen LogP contribution in [0.4, 0.5) is 16.3 Å². The average Bonchev–Trinajstić information content (AvgIpc) is 3.76. The Labute approximate surface area is 214 Å². The predicted molar refractivity (Wildman–Crippen MR) is 137 cm³/mol. The molecule has 37 heavy (non-hydrogen) atoms. The van der Waals surface area contributed by atoms with Gasteiger partial charge in [0.05, 0.1) is 30.4 Å². The van der Waals surface area contributed by atoms with E-state index in [1.807, 2.05) is 0 Å². The minimum Gasteiger partial charge on any atom is -0.395 e. The Kier molecular flexibility index (Phi) is 7.04. The maximum absolute atomic E-state index is 13.7. The number of anilines is 2. The van der Waals surface area contributed by atoms with E-state index in [9.17, 15) is 13.2 Å². The predicted octanol–water partition coefficient (Wildman–Crippen LogP) is 1.95. The number of sulfone groups is 1. The smallest absolute Gasteiger partial charge is 0.319 e. The molecule has 1 saturated heterocycles. The number of urea groups is 1. The van der Waals surface area contributed by atoms with Gasteiger partial charge in [-0.05, 0) is 49.2 Å². The molecule has 3 heterocycles. The number of ether oxygens (including phenoxy) is 1. The Balaban J connectivity index is 1.51. The third-order valence-electron chi connectivity index (χ3n) is 6.49. The van der Waals surface area contributed by atoms with E-state index in [0.29, 0.717) is 67.7 Å². The van der Waals surface area contributed by atoms with Gasteiger partial charge in [0.25, 0.3) is 0 Å². The molecule has 0 atom stereocenters. The third-order valence-corrected chi connectivity index (χ3v) is 9.03. The minimum absolute atomic E-state index is 0.149. The summed E-state index contributed by atoms with van der Waals surface area (Å²) in [7, 11) is -3.70. The highest BCUT2D eigenvalue weighted by atomic mass is 32.2. The van der Waals surface area contributed by atoms with Crippen LogP contribution in [0, 0.1) is 0 Å². The molecule has 11 nitrogen and oxygen atoms in total. The number of morpholine rings is 1. The fraction of sp³-hybridized carbons (Fsp3) is 0.360. The van der Waals surface area contributed by atoms with Crippen molar-refractivity contribution in [2.24, 2.45) is 0 Å². The van der Waals surface area contributed by atoms with Crippen LogP contribution in [0.1, 0.15) is 18.5 Å². The number of hydrogen-bond acceptors (Lipinski definition) is 9. The number of aromatic nitrogens is 3. The summed E-state index contributed by atoms with van der Waals surface area (Å²) < 4.78 is 31.8. The number of aliphatic hydroxyl groups excluding tert-OH is 1.